The Kier molecular flexibility index (Phi) is 4.59. The van der Waals surface area contributed by atoms with Gasteiger partial charge in [0.1, 0.15) is 5.69 Å². The van der Waals surface area contributed by atoms with Crippen LogP contribution in [0.3, 0.4) is 0 Å². The van der Waals surface area contributed by atoms with E-state index in [2.05, 4.69) is 10.3 Å². The molecule has 2 heterocycles. The summed E-state index contributed by atoms with van der Waals surface area (Å²) in [5, 5.41) is 2.83. The van der Waals surface area contributed by atoms with Crippen molar-refractivity contribution in [3.05, 3.63) is 94.4 Å². The molecule has 1 N–H and O–H groups in total. The molecular weight excluding hydrogens is 406 g/mol. The molecule has 0 saturated carbocycles. The Labute approximate surface area is 183 Å². The molecule has 0 aliphatic heterocycles. The molecule has 158 valence electrons. The van der Waals surface area contributed by atoms with Crippen LogP contribution in [0.15, 0.2) is 60.8 Å². The van der Waals surface area contributed by atoms with Crippen LogP contribution < -0.4 is 10.1 Å². The van der Waals surface area contributed by atoms with Gasteiger partial charge in [-0.1, -0.05) is 36.4 Å². The van der Waals surface area contributed by atoms with Gasteiger partial charge >= 0.3 is 0 Å². The van der Waals surface area contributed by atoms with E-state index >= 15 is 0 Å². The Balaban J connectivity index is 1.58. The maximum atomic E-state index is 13.3. The number of hydrogen-bond acceptors (Lipinski definition) is 5. The molecule has 0 bridgehead atoms. The number of anilines is 1. The molecule has 0 saturated heterocycles. The topological polar surface area (TPSA) is 89.8 Å². The van der Waals surface area contributed by atoms with E-state index in [1.807, 2.05) is 6.92 Å². The largest absolute Gasteiger partial charge is 0.490 e. The number of pyridine rings is 1. The van der Waals surface area contributed by atoms with E-state index in [1.165, 1.54) is 0 Å². The summed E-state index contributed by atoms with van der Waals surface area (Å²) in [6.07, 6.45) is 1.73. The number of carbonyl (C=O) groups excluding carboxylic acids is 3. The van der Waals surface area contributed by atoms with E-state index in [1.54, 1.807) is 72.1 Å². The molecule has 7 heteroatoms. The summed E-state index contributed by atoms with van der Waals surface area (Å²) < 4.78 is 7.28. The molecule has 1 aliphatic rings. The van der Waals surface area contributed by atoms with Crippen molar-refractivity contribution in [2.75, 3.05) is 11.9 Å². The summed E-state index contributed by atoms with van der Waals surface area (Å²) in [6.45, 7) is 4.09. The Morgan fingerprint density at radius 3 is 2.44 bits per heavy atom. The standard InChI is InChI=1S/C25H19N3O4/c1-3-32-19-12-7-13-28-21(14(2)26-24(19)28)25(31)27-18-11-6-10-17-20(18)23(30)16-9-5-4-8-15(16)22(17)29/h4-13H,3H2,1-2H3,(H,27,31). The fraction of sp³-hybridized carbons (Fsp3) is 0.120. The van der Waals surface area contributed by atoms with E-state index in [0.717, 1.165) is 0 Å². The second kappa shape index (κ2) is 7.46. The first-order valence-electron chi connectivity index (χ1n) is 10.2. The number of ether oxygens (including phenoxy) is 1. The number of ketones is 2. The average Bonchev–Trinajstić information content (AvgIpc) is 3.14. The first-order valence-corrected chi connectivity index (χ1v) is 10.2. The molecule has 5 rings (SSSR count). The van der Waals surface area contributed by atoms with Crippen molar-refractivity contribution in [1.29, 1.82) is 0 Å². The van der Waals surface area contributed by atoms with E-state index < -0.39 is 5.91 Å². The number of amides is 1. The van der Waals surface area contributed by atoms with E-state index in [9.17, 15) is 14.4 Å². The van der Waals surface area contributed by atoms with Gasteiger partial charge in [0.2, 0.25) is 0 Å². The predicted molar refractivity (Wildman–Crippen MR) is 119 cm³/mol. The summed E-state index contributed by atoms with van der Waals surface area (Å²) in [5.41, 5.74) is 2.85. The quantitative estimate of drug-likeness (QED) is 0.469. The molecule has 4 aromatic rings. The molecule has 0 fully saturated rings. The van der Waals surface area contributed by atoms with Crippen LogP contribution in [0.1, 0.15) is 54.9 Å². The highest BCUT2D eigenvalue weighted by atomic mass is 16.5. The van der Waals surface area contributed by atoms with Crippen molar-refractivity contribution >= 4 is 28.8 Å². The zero-order chi connectivity index (χ0) is 22.4. The third kappa shape index (κ3) is 2.90. The van der Waals surface area contributed by atoms with Crippen molar-refractivity contribution < 1.29 is 19.1 Å². The molecule has 0 unspecified atom stereocenters. The summed E-state index contributed by atoms with van der Waals surface area (Å²) in [7, 11) is 0. The first-order chi connectivity index (χ1) is 15.5. The van der Waals surface area contributed by atoms with Crippen molar-refractivity contribution in [1.82, 2.24) is 9.38 Å². The van der Waals surface area contributed by atoms with Crippen LogP contribution in [0.4, 0.5) is 5.69 Å². The summed E-state index contributed by atoms with van der Waals surface area (Å²) in [5.74, 6) is -0.388. The average molecular weight is 425 g/mol. The smallest absolute Gasteiger partial charge is 0.274 e. The molecule has 0 radical (unpaired) electrons. The third-order valence-electron chi connectivity index (χ3n) is 5.50. The number of benzene rings is 2. The number of nitrogens with one attached hydrogen (secondary N) is 1. The zero-order valence-electron chi connectivity index (χ0n) is 17.5. The van der Waals surface area contributed by atoms with Gasteiger partial charge in [0.25, 0.3) is 5.91 Å². The van der Waals surface area contributed by atoms with E-state index in [0.29, 0.717) is 40.5 Å². The van der Waals surface area contributed by atoms with Crippen LogP contribution in [-0.4, -0.2) is 33.5 Å². The molecule has 7 nitrogen and oxygen atoms in total. The number of rotatable bonds is 4. The maximum absolute atomic E-state index is 13.3. The number of nitrogens with zero attached hydrogens (tertiary/aromatic N) is 2. The molecule has 32 heavy (non-hydrogen) atoms. The highest BCUT2D eigenvalue weighted by Gasteiger charge is 2.32. The van der Waals surface area contributed by atoms with E-state index in [4.69, 9.17) is 4.74 Å². The monoisotopic (exact) mass is 425 g/mol. The summed E-state index contributed by atoms with van der Waals surface area (Å²) >= 11 is 0. The molecular formula is C25H19N3O4. The maximum Gasteiger partial charge on any atom is 0.274 e. The molecule has 0 atom stereocenters. The summed E-state index contributed by atoms with van der Waals surface area (Å²) in [6, 6.07) is 15.2. The molecule has 1 aliphatic carbocycles. The lowest BCUT2D eigenvalue weighted by Crippen LogP contribution is -2.24. The normalized spacial score (nSPS) is 12.4. The molecule has 2 aromatic heterocycles. The minimum atomic E-state index is -0.434. The van der Waals surface area contributed by atoms with Gasteiger partial charge in [-0.05, 0) is 32.0 Å². The Morgan fingerprint density at radius 2 is 1.69 bits per heavy atom. The van der Waals surface area contributed by atoms with Crippen LogP contribution in [0.25, 0.3) is 5.65 Å². The van der Waals surface area contributed by atoms with Crippen LogP contribution >= 0.6 is 0 Å². The van der Waals surface area contributed by atoms with Crippen LogP contribution in [0.5, 0.6) is 5.75 Å². The predicted octanol–water partition coefficient (Wildman–Crippen LogP) is 4.07. The lowest BCUT2D eigenvalue weighted by molar-refractivity contribution is 0.0978. The number of hydrogen-bond donors (Lipinski definition) is 1. The van der Waals surface area contributed by atoms with Gasteiger partial charge in [0, 0.05) is 22.9 Å². The molecule has 0 spiro atoms. The van der Waals surface area contributed by atoms with Crippen LogP contribution in [-0.2, 0) is 0 Å². The van der Waals surface area contributed by atoms with Crippen LogP contribution in [0.2, 0.25) is 0 Å². The third-order valence-corrected chi connectivity index (χ3v) is 5.50. The van der Waals surface area contributed by atoms with Crippen molar-refractivity contribution in [2.45, 2.75) is 13.8 Å². The van der Waals surface area contributed by atoms with Crippen LogP contribution in [0, 0.1) is 6.92 Å². The minimum absolute atomic E-state index is 0.200. The fourth-order valence-corrected chi connectivity index (χ4v) is 4.13. The Hall–Kier alpha value is -4.26. The highest BCUT2D eigenvalue weighted by Crippen LogP contribution is 2.32. The number of aryl methyl sites for hydroxylation is 1. The zero-order valence-corrected chi connectivity index (χ0v) is 17.5. The number of fused-ring (bicyclic) bond motifs is 3. The molecule has 2 aromatic carbocycles. The van der Waals surface area contributed by atoms with Crippen molar-refractivity contribution in [2.24, 2.45) is 0 Å². The van der Waals surface area contributed by atoms with Gasteiger partial charge < -0.3 is 10.1 Å². The van der Waals surface area contributed by atoms with Gasteiger partial charge in [-0.2, -0.15) is 0 Å². The first kappa shape index (κ1) is 19.7. The number of aromatic nitrogens is 2. The molecule has 1 amide bonds. The van der Waals surface area contributed by atoms with E-state index in [-0.39, 0.29) is 28.4 Å². The number of carbonyl (C=O) groups is 3. The van der Waals surface area contributed by atoms with Gasteiger partial charge in [-0.25, -0.2) is 4.98 Å². The fourth-order valence-electron chi connectivity index (χ4n) is 4.13. The summed E-state index contributed by atoms with van der Waals surface area (Å²) in [4.78, 5) is 43.9. The SMILES string of the molecule is CCOc1cccn2c(C(=O)Nc3cccc4c3C(=O)c3ccccc3C4=O)c(C)nc12. The number of imidazole rings is 1. The Morgan fingerprint density at radius 1 is 0.969 bits per heavy atom. The van der Waals surface area contributed by atoms with Gasteiger partial charge in [-0.15, -0.1) is 0 Å². The lowest BCUT2D eigenvalue weighted by Gasteiger charge is -2.20. The Bertz CT molecular complexity index is 1430. The van der Waals surface area contributed by atoms with Crippen molar-refractivity contribution in [3.63, 3.8) is 0 Å². The second-order valence-electron chi connectivity index (χ2n) is 7.43. The van der Waals surface area contributed by atoms with Crippen molar-refractivity contribution in [3.8, 4) is 5.75 Å². The minimum Gasteiger partial charge on any atom is -0.490 e. The van der Waals surface area contributed by atoms with Gasteiger partial charge in [0.05, 0.1) is 23.6 Å². The lowest BCUT2D eigenvalue weighted by atomic mass is 9.83. The van der Waals surface area contributed by atoms with Gasteiger partial charge in [0.15, 0.2) is 23.0 Å². The second-order valence-corrected chi connectivity index (χ2v) is 7.43. The van der Waals surface area contributed by atoms with Gasteiger partial charge in [-0.3, -0.25) is 18.8 Å². The highest BCUT2D eigenvalue weighted by molar-refractivity contribution is 6.30.